The second kappa shape index (κ2) is 6.96. The zero-order chi connectivity index (χ0) is 14.4. The van der Waals surface area contributed by atoms with E-state index in [9.17, 15) is 14.4 Å². The van der Waals surface area contributed by atoms with Crippen LogP contribution in [0.3, 0.4) is 0 Å². The van der Waals surface area contributed by atoms with Crippen LogP contribution in [0.2, 0.25) is 0 Å². The molecule has 7 heteroatoms. The number of carboxylic acids is 1. The summed E-state index contributed by atoms with van der Waals surface area (Å²) in [4.78, 5) is 35.1. The molecule has 1 fully saturated rings. The molecule has 1 aliphatic carbocycles. The van der Waals surface area contributed by atoms with Crippen LogP contribution in [-0.2, 0) is 9.59 Å². The number of nitrogens with one attached hydrogen (secondary N) is 1. The number of nitrogens with two attached hydrogens (primary N) is 1. The van der Waals surface area contributed by atoms with Crippen molar-refractivity contribution in [2.45, 2.75) is 38.6 Å². The number of hydrogen-bond acceptors (Lipinski definition) is 3. The minimum Gasteiger partial charge on any atom is -0.481 e. The van der Waals surface area contributed by atoms with Crippen molar-refractivity contribution in [1.82, 2.24) is 10.2 Å². The average molecular weight is 271 g/mol. The molecule has 0 saturated heterocycles. The smallest absolute Gasteiger partial charge is 0.318 e. The van der Waals surface area contributed by atoms with E-state index in [1.807, 2.05) is 0 Å². The van der Waals surface area contributed by atoms with E-state index in [1.54, 1.807) is 0 Å². The normalized spacial score (nSPS) is 16.9. The van der Waals surface area contributed by atoms with Crippen LogP contribution in [-0.4, -0.2) is 47.0 Å². The van der Waals surface area contributed by atoms with E-state index < -0.39 is 23.8 Å². The summed E-state index contributed by atoms with van der Waals surface area (Å²) in [6.45, 7) is 1.42. The van der Waals surface area contributed by atoms with Crippen LogP contribution < -0.4 is 11.1 Å². The fraction of sp³-hybridized carbons (Fsp3) is 0.750. The third kappa shape index (κ3) is 4.76. The minimum atomic E-state index is -0.970. The fourth-order valence-electron chi connectivity index (χ4n) is 2.18. The van der Waals surface area contributed by atoms with Gasteiger partial charge >= 0.3 is 12.0 Å². The molecule has 0 spiro atoms. The Labute approximate surface area is 112 Å². The largest absolute Gasteiger partial charge is 0.481 e. The molecule has 0 aromatic rings. The molecule has 0 aliphatic heterocycles. The molecule has 7 nitrogen and oxygen atoms in total. The van der Waals surface area contributed by atoms with Crippen molar-refractivity contribution in [3.63, 3.8) is 0 Å². The first-order valence-corrected chi connectivity index (χ1v) is 6.47. The van der Waals surface area contributed by atoms with Crippen molar-refractivity contribution >= 4 is 17.9 Å². The Morgan fingerprint density at radius 3 is 2.42 bits per heavy atom. The van der Waals surface area contributed by atoms with Gasteiger partial charge in [0.1, 0.15) is 6.54 Å². The van der Waals surface area contributed by atoms with Gasteiger partial charge in [0, 0.05) is 12.6 Å². The predicted molar refractivity (Wildman–Crippen MR) is 68.4 cm³/mol. The van der Waals surface area contributed by atoms with E-state index in [0.717, 1.165) is 25.7 Å². The number of urea groups is 1. The van der Waals surface area contributed by atoms with Crippen molar-refractivity contribution in [1.29, 1.82) is 0 Å². The summed E-state index contributed by atoms with van der Waals surface area (Å²) in [5.74, 6) is -2.20. The highest BCUT2D eigenvalue weighted by molar-refractivity contribution is 5.83. The Hall–Kier alpha value is -1.79. The molecule has 4 N–H and O–H groups in total. The van der Waals surface area contributed by atoms with E-state index >= 15 is 0 Å². The standard InChI is InChI=1S/C12H21N3O4/c1-8(11(17)18)6-14-12(19)15(7-10(13)16)9-4-2-3-5-9/h8-9H,2-7H2,1H3,(H2,13,16)(H,14,19)(H,17,18). The molecular formula is C12H21N3O4. The van der Waals surface area contributed by atoms with Crippen molar-refractivity contribution in [3.8, 4) is 0 Å². The maximum absolute atomic E-state index is 12.0. The monoisotopic (exact) mass is 271 g/mol. The summed E-state index contributed by atoms with van der Waals surface area (Å²) in [6, 6.07) is -0.397. The molecular weight excluding hydrogens is 250 g/mol. The van der Waals surface area contributed by atoms with Gasteiger partial charge in [0.15, 0.2) is 0 Å². The van der Waals surface area contributed by atoms with E-state index in [-0.39, 0.29) is 19.1 Å². The number of aliphatic carboxylic acids is 1. The number of rotatable bonds is 6. The van der Waals surface area contributed by atoms with Crippen molar-refractivity contribution in [2.24, 2.45) is 11.7 Å². The van der Waals surface area contributed by atoms with Gasteiger partial charge in [0.25, 0.3) is 0 Å². The van der Waals surface area contributed by atoms with Crippen LogP contribution in [0.15, 0.2) is 0 Å². The lowest BCUT2D eigenvalue weighted by molar-refractivity contribution is -0.140. The van der Waals surface area contributed by atoms with E-state index in [4.69, 9.17) is 10.8 Å². The molecule has 0 radical (unpaired) electrons. The van der Waals surface area contributed by atoms with Crippen molar-refractivity contribution < 1.29 is 19.5 Å². The van der Waals surface area contributed by atoms with Crippen LogP contribution in [0.5, 0.6) is 0 Å². The Balaban J connectivity index is 2.55. The van der Waals surface area contributed by atoms with Gasteiger partial charge in [0.2, 0.25) is 5.91 Å². The van der Waals surface area contributed by atoms with Gasteiger partial charge in [0.05, 0.1) is 5.92 Å². The summed E-state index contributed by atoms with van der Waals surface area (Å²) in [7, 11) is 0. The number of carboxylic acid groups (broad SMARTS) is 1. The maximum Gasteiger partial charge on any atom is 0.318 e. The summed E-state index contributed by atoms with van der Waals surface area (Å²) in [6.07, 6.45) is 3.77. The summed E-state index contributed by atoms with van der Waals surface area (Å²) >= 11 is 0. The zero-order valence-corrected chi connectivity index (χ0v) is 11.1. The van der Waals surface area contributed by atoms with Gasteiger partial charge in [-0.1, -0.05) is 19.8 Å². The third-order valence-electron chi connectivity index (χ3n) is 3.33. The summed E-state index contributed by atoms with van der Waals surface area (Å²) in [5, 5.41) is 11.3. The van der Waals surface area contributed by atoms with Gasteiger partial charge < -0.3 is 21.1 Å². The minimum absolute atomic E-state index is 0.0210. The molecule has 1 rings (SSSR count). The molecule has 0 bridgehead atoms. The molecule has 19 heavy (non-hydrogen) atoms. The average Bonchev–Trinajstić information content (AvgIpc) is 2.85. The van der Waals surface area contributed by atoms with Gasteiger partial charge in [-0.05, 0) is 12.8 Å². The Kier molecular flexibility index (Phi) is 5.59. The first-order valence-electron chi connectivity index (χ1n) is 6.47. The molecule has 1 atom stereocenters. The van der Waals surface area contributed by atoms with Crippen molar-refractivity contribution in [2.75, 3.05) is 13.1 Å². The lowest BCUT2D eigenvalue weighted by atomic mass is 10.2. The van der Waals surface area contributed by atoms with Crippen LogP contribution in [0.1, 0.15) is 32.6 Å². The van der Waals surface area contributed by atoms with Crippen LogP contribution in [0.25, 0.3) is 0 Å². The van der Waals surface area contributed by atoms with Crippen LogP contribution in [0, 0.1) is 5.92 Å². The zero-order valence-electron chi connectivity index (χ0n) is 11.1. The lowest BCUT2D eigenvalue weighted by Gasteiger charge is -2.28. The van der Waals surface area contributed by atoms with Gasteiger partial charge in [-0.25, -0.2) is 4.79 Å². The highest BCUT2D eigenvalue weighted by Gasteiger charge is 2.28. The number of primary amides is 1. The molecule has 0 aromatic carbocycles. The SMILES string of the molecule is CC(CNC(=O)N(CC(N)=O)C1CCCC1)C(=O)O. The molecule has 3 amide bonds. The van der Waals surface area contributed by atoms with Crippen molar-refractivity contribution in [3.05, 3.63) is 0 Å². The summed E-state index contributed by atoms with van der Waals surface area (Å²) in [5.41, 5.74) is 5.15. The molecule has 1 saturated carbocycles. The molecule has 0 heterocycles. The van der Waals surface area contributed by atoms with E-state index in [2.05, 4.69) is 5.32 Å². The predicted octanol–water partition coefficient (Wildman–Crippen LogP) is 0.147. The number of amides is 3. The number of carbonyl (C=O) groups excluding carboxylic acids is 2. The van der Waals surface area contributed by atoms with Gasteiger partial charge in [-0.3, -0.25) is 9.59 Å². The number of hydrogen-bond donors (Lipinski definition) is 3. The molecule has 1 unspecified atom stereocenters. The molecule has 1 aliphatic rings. The molecule has 108 valence electrons. The fourth-order valence-corrected chi connectivity index (χ4v) is 2.18. The Bertz CT molecular complexity index is 353. The quantitative estimate of drug-likeness (QED) is 0.638. The van der Waals surface area contributed by atoms with Crippen LogP contribution >= 0.6 is 0 Å². The maximum atomic E-state index is 12.0. The van der Waals surface area contributed by atoms with E-state index in [0.29, 0.717) is 0 Å². The third-order valence-corrected chi connectivity index (χ3v) is 3.33. The van der Waals surface area contributed by atoms with Gasteiger partial charge in [-0.15, -0.1) is 0 Å². The van der Waals surface area contributed by atoms with Gasteiger partial charge in [-0.2, -0.15) is 0 Å². The second-order valence-electron chi connectivity index (χ2n) is 4.96. The number of carbonyl (C=O) groups is 3. The second-order valence-corrected chi connectivity index (χ2v) is 4.96. The lowest BCUT2D eigenvalue weighted by Crippen LogP contribution is -2.50. The van der Waals surface area contributed by atoms with Crippen LogP contribution in [0.4, 0.5) is 4.79 Å². The Morgan fingerprint density at radius 2 is 1.95 bits per heavy atom. The molecule has 0 aromatic heterocycles. The summed E-state index contributed by atoms with van der Waals surface area (Å²) < 4.78 is 0. The Morgan fingerprint density at radius 1 is 1.37 bits per heavy atom. The first kappa shape index (κ1) is 15.3. The first-order chi connectivity index (χ1) is 8.91. The number of nitrogens with zero attached hydrogens (tertiary/aromatic N) is 1. The van der Waals surface area contributed by atoms with E-state index in [1.165, 1.54) is 11.8 Å². The highest BCUT2D eigenvalue weighted by Crippen LogP contribution is 2.23. The topological polar surface area (TPSA) is 113 Å². The highest BCUT2D eigenvalue weighted by atomic mass is 16.4.